The Morgan fingerprint density at radius 1 is 1.33 bits per heavy atom. The number of hydrogen-bond donors (Lipinski definition) is 1. The highest BCUT2D eigenvalue weighted by molar-refractivity contribution is 5.40. The van der Waals surface area contributed by atoms with E-state index in [1.165, 1.54) is 5.56 Å². The number of ether oxygens (including phenoxy) is 1. The van der Waals surface area contributed by atoms with Gasteiger partial charge in [-0.3, -0.25) is 0 Å². The molecule has 3 nitrogen and oxygen atoms in total. The number of nitriles is 1. The molecule has 0 heterocycles. The Morgan fingerprint density at radius 3 is 2.44 bits per heavy atom. The second kappa shape index (κ2) is 6.42. The molecule has 18 heavy (non-hydrogen) atoms. The van der Waals surface area contributed by atoms with Gasteiger partial charge in [-0.2, -0.15) is 5.26 Å². The standard InChI is InChI=1S/C15H22N2O/c1-10(2)13(9-16)15(17-4)12-8-11(3)6-7-14(12)18-5/h6-8,10,13,15,17H,1-5H3. The molecule has 0 amide bonds. The van der Waals surface area contributed by atoms with Gasteiger partial charge in [0.15, 0.2) is 0 Å². The predicted molar refractivity (Wildman–Crippen MR) is 73.5 cm³/mol. The molecule has 98 valence electrons. The van der Waals surface area contributed by atoms with Gasteiger partial charge in [0.25, 0.3) is 0 Å². The van der Waals surface area contributed by atoms with E-state index in [1.54, 1.807) is 7.11 Å². The van der Waals surface area contributed by atoms with Crippen LogP contribution in [0.25, 0.3) is 0 Å². The third kappa shape index (κ3) is 3.02. The van der Waals surface area contributed by atoms with E-state index >= 15 is 0 Å². The van der Waals surface area contributed by atoms with Crippen LogP contribution in [-0.2, 0) is 0 Å². The number of rotatable bonds is 5. The van der Waals surface area contributed by atoms with Crippen molar-refractivity contribution < 1.29 is 4.74 Å². The molecular formula is C15H22N2O. The summed E-state index contributed by atoms with van der Waals surface area (Å²) in [7, 11) is 3.55. The molecule has 1 aromatic carbocycles. The Labute approximate surface area is 110 Å². The first-order valence-corrected chi connectivity index (χ1v) is 6.26. The molecule has 0 aliphatic carbocycles. The van der Waals surface area contributed by atoms with E-state index < -0.39 is 0 Å². The topological polar surface area (TPSA) is 45.0 Å². The fourth-order valence-electron chi connectivity index (χ4n) is 2.23. The zero-order valence-electron chi connectivity index (χ0n) is 11.8. The minimum Gasteiger partial charge on any atom is -0.496 e. The second-order valence-corrected chi connectivity index (χ2v) is 4.91. The van der Waals surface area contributed by atoms with Crippen LogP contribution in [0.2, 0.25) is 0 Å². The Balaban J connectivity index is 3.23. The van der Waals surface area contributed by atoms with E-state index in [9.17, 15) is 5.26 Å². The van der Waals surface area contributed by atoms with Gasteiger partial charge in [-0.1, -0.05) is 31.5 Å². The van der Waals surface area contributed by atoms with Crippen LogP contribution in [0.1, 0.15) is 31.0 Å². The highest BCUT2D eigenvalue weighted by atomic mass is 16.5. The van der Waals surface area contributed by atoms with E-state index in [-0.39, 0.29) is 17.9 Å². The molecule has 0 bridgehead atoms. The lowest BCUT2D eigenvalue weighted by Crippen LogP contribution is -2.28. The summed E-state index contributed by atoms with van der Waals surface area (Å²) in [6, 6.07) is 8.47. The summed E-state index contributed by atoms with van der Waals surface area (Å²) in [5, 5.41) is 12.6. The van der Waals surface area contributed by atoms with Crippen molar-refractivity contribution in [3.8, 4) is 11.8 Å². The van der Waals surface area contributed by atoms with E-state index in [0.717, 1.165) is 11.3 Å². The monoisotopic (exact) mass is 246 g/mol. The molecule has 1 rings (SSSR count). The minimum absolute atomic E-state index is 0.00940. The van der Waals surface area contributed by atoms with Crippen LogP contribution < -0.4 is 10.1 Å². The van der Waals surface area contributed by atoms with Crippen molar-refractivity contribution in [1.82, 2.24) is 5.32 Å². The predicted octanol–water partition coefficient (Wildman–Crippen LogP) is 3.06. The first-order valence-electron chi connectivity index (χ1n) is 6.26. The van der Waals surface area contributed by atoms with Crippen LogP contribution in [0.15, 0.2) is 18.2 Å². The summed E-state index contributed by atoms with van der Waals surface area (Å²) in [5.74, 6) is 1.05. The molecule has 0 aliphatic rings. The Bertz CT molecular complexity index is 435. The van der Waals surface area contributed by atoms with Gasteiger partial charge in [-0.05, 0) is 26.0 Å². The number of nitrogens with one attached hydrogen (secondary N) is 1. The SMILES string of the molecule is CNC(c1cc(C)ccc1OC)C(C#N)C(C)C. The van der Waals surface area contributed by atoms with E-state index in [2.05, 4.69) is 31.3 Å². The molecule has 0 aliphatic heterocycles. The first kappa shape index (κ1) is 14.5. The Kier molecular flexibility index (Phi) is 5.18. The lowest BCUT2D eigenvalue weighted by Gasteiger charge is -2.26. The van der Waals surface area contributed by atoms with Gasteiger partial charge in [-0.25, -0.2) is 0 Å². The molecule has 0 radical (unpaired) electrons. The van der Waals surface area contributed by atoms with Crippen molar-refractivity contribution in [3.63, 3.8) is 0 Å². The van der Waals surface area contributed by atoms with Crippen molar-refractivity contribution >= 4 is 0 Å². The van der Waals surface area contributed by atoms with Gasteiger partial charge in [0.1, 0.15) is 5.75 Å². The molecule has 0 fully saturated rings. The second-order valence-electron chi connectivity index (χ2n) is 4.91. The summed E-state index contributed by atoms with van der Waals surface area (Å²) in [6.07, 6.45) is 0. The quantitative estimate of drug-likeness (QED) is 0.868. The van der Waals surface area contributed by atoms with E-state index in [0.29, 0.717) is 0 Å². The first-order chi connectivity index (χ1) is 8.54. The minimum atomic E-state index is -0.0781. The van der Waals surface area contributed by atoms with Crippen LogP contribution in [0.4, 0.5) is 0 Å². The zero-order chi connectivity index (χ0) is 13.7. The molecule has 0 aromatic heterocycles. The number of methoxy groups -OCH3 is 1. The fraction of sp³-hybridized carbons (Fsp3) is 0.533. The lowest BCUT2D eigenvalue weighted by atomic mass is 9.85. The number of nitrogens with zero attached hydrogens (tertiary/aromatic N) is 1. The maximum absolute atomic E-state index is 9.36. The highest BCUT2D eigenvalue weighted by Crippen LogP contribution is 2.33. The fourth-order valence-corrected chi connectivity index (χ4v) is 2.23. The van der Waals surface area contributed by atoms with Gasteiger partial charge in [0.05, 0.1) is 25.1 Å². The normalized spacial score (nSPS) is 14.1. The molecule has 2 atom stereocenters. The number of benzene rings is 1. The van der Waals surface area contributed by atoms with Crippen LogP contribution in [0, 0.1) is 30.1 Å². The molecule has 1 N–H and O–H groups in total. The third-order valence-corrected chi connectivity index (χ3v) is 3.26. The van der Waals surface area contributed by atoms with Crippen LogP contribution in [-0.4, -0.2) is 14.2 Å². The van der Waals surface area contributed by atoms with Gasteiger partial charge < -0.3 is 10.1 Å². The van der Waals surface area contributed by atoms with Crippen molar-refractivity contribution in [1.29, 1.82) is 5.26 Å². The lowest BCUT2D eigenvalue weighted by molar-refractivity contribution is 0.343. The largest absolute Gasteiger partial charge is 0.496 e. The highest BCUT2D eigenvalue weighted by Gasteiger charge is 2.27. The molecular weight excluding hydrogens is 224 g/mol. The van der Waals surface area contributed by atoms with E-state index in [1.807, 2.05) is 26.1 Å². The average molecular weight is 246 g/mol. The molecule has 0 spiro atoms. The maximum atomic E-state index is 9.36. The summed E-state index contributed by atoms with van der Waals surface area (Å²) < 4.78 is 5.41. The van der Waals surface area contributed by atoms with Crippen molar-refractivity contribution in [3.05, 3.63) is 29.3 Å². The van der Waals surface area contributed by atoms with Crippen molar-refractivity contribution in [2.24, 2.45) is 11.8 Å². The molecule has 3 heteroatoms. The van der Waals surface area contributed by atoms with Gasteiger partial charge in [-0.15, -0.1) is 0 Å². The van der Waals surface area contributed by atoms with Crippen LogP contribution in [0.5, 0.6) is 5.75 Å². The Hall–Kier alpha value is -1.53. The van der Waals surface area contributed by atoms with Crippen LogP contribution >= 0.6 is 0 Å². The zero-order valence-corrected chi connectivity index (χ0v) is 11.8. The number of aryl methyl sites for hydroxylation is 1. The summed E-state index contributed by atoms with van der Waals surface area (Å²) >= 11 is 0. The average Bonchev–Trinajstić information content (AvgIpc) is 2.35. The molecule has 2 unspecified atom stereocenters. The Morgan fingerprint density at radius 2 is 2.00 bits per heavy atom. The van der Waals surface area contributed by atoms with E-state index in [4.69, 9.17) is 4.74 Å². The number of hydrogen-bond acceptors (Lipinski definition) is 3. The smallest absolute Gasteiger partial charge is 0.123 e. The summed E-state index contributed by atoms with van der Waals surface area (Å²) in [4.78, 5) is 0. The molecule has 0 saturated carbocycles. The van der Waals surface area contributed by atoms with Gasteiger partial charge in [0.2, 0.25) is 0 Å². The van der Waals surface area contributed by atoms with Gasteiger partial charge in [0, 0.05) is 5.56 Å². The third-order valence-electron chi connectivity index (χ3n) is 3.26. The van der Waals surface area contributed by atoms with Crippen LogP contribution in [0.3, 0.4) is 0 Å². The maximum Gasteiger partial charge on any atom is 0.123 e. The van der Waals surface area contributed by atoms with Crippen molar-refractivity contribution in [2.45, 2.75) is 26.8 Å². The van der Waals surface area contributed by atoms with Gasteiger partial charge >= 0.3 is 0 Å². The molecule has 0 saturated heterocycles. The molecule has 1 aromatic rings. The summed E-state index contributed by atoms with van der Waals surface area (Å²) in [6.45, 7) is 6.19. The summed E-state index contributed by atoms with van der Waals surface area (Å²) in [5.41, 5.74) is 2.23. The van der Waals surface area contributed by atoms with Crippen molar-refractivity contribution in [2.75, 3.05) is 14.2 Å².